The van der Waals surface area contributed by atoms with Gasteiger partial charge in [-0.3, -0.25) is 0 Å². The van der Waals surface area contributed by atoms with E-state index in [1.165, 1.54) is 50.7 Å². The Morgan fingerprint density at radius 2 is 1.52 bits per heavy atom. The van der Waals surface area contributed by atoms with Crippen molar-refractivity contribution in [3.05, 3.63) is 34.9 Å². The Bertz CT molecular complexity index is 546. The molecule has 4 saturated carbocycles. The van der Waals surface area contributed by atoms with Crippen LogP contribution in [0.25, 0.3) is 0 Å². The Morgan fingerprint density at radius 3 is 2.05 bits per heavy atom. The zero-order chi connectivity index (χ0) is 14.8. The first-order chi connectivity index (χ1) is 9.97. The summed E-state index contributed by atoms with van der Waals surface area (Å²) >= 11 is 3.78. The lowest BCUT2D eigenvalue weighted by Crippen LogP contribution is -2.47. The van der Waals surface area contributed by atoms with Crippen molar-refractivity contribution in [3.63, 3.8) is 0 Å². The maximum atomic E-state index is 14.4. The fourth-order valence-electron chi connectivity index (χ4n) is 5.67. The normalized spacial score (nSPS) is 38.8. The quantitative estimate of drug-likeness (QED) is 0.577. The first kappa shape index (κ1) is 14.2. The average Bonchev–Trinajstić information content (AvgIpc) is 2.40. The molecule has 114 valence electrons. The summed E-state index contributed by atoms with van der Waals surface area (Å²) in [5, 5.41) is 0. The van der Waals surface area contributed by atoms with Crippen LogP contribution < -0.4 is 0 Å². The van der Waals surface area contributed by atoms with Gasteiger partial charge in [-0.15, -0.1) is 0 Å². The van der Waals surface area contributed by atoms with Gasteiger partial charge in [-0.2, -0.15) is 0 Å². The number of halogens is 3. The van der Waals surface area contributed by atoms with Gasteiger partial charge in [0.15, 0.2) is 0 Å². The van der Waals surface area contributed by atoms with Crippen molar-refractivity contribution < 1.29 is 8.78 Å². The molecule has 0 amide bonds. The largest absolute Gasteiger partial charge is 0.207 e. The number of benzene rings is 1. The molecule has 0 saturated heterocycles. The van der Waals surface area contributed by atoms with Crippen LogP contribution in [0.1, 0.15) is 54.5 Å². The van der Waals surface area contributed by atoms with Crippen LogP contribution in [0.3, 0.4) is 0 Å². The highest BCUT2D eigenvalue weighted by atomic mass is 79.9. The monoisotopic (exact) mass is 354 g/mol. The van der Waals surface area contributed by atoms with Crippen molar-refractivity contribution in [1.82, 2.24) is 0 Å². The number of hydrogen-bond acceptors (Lipinski definition) is 0. The third-order valence-corrected chi connectivity index (χ3v) is 7.64. The van der Waals surface area contributed by atoms with Crippen molar-refractivity contribution in [2.24, 2.45) is 23.2 Å². The van der Waals surface area contributed by atoms with E-state index in [-0.39, 0.29) is 21.9 Å². The summed E-state index contributed by atoms with van der Waals surface area (Å²) in [6.07, 6.45) is 7.65. The van der Waals surface area contributed by atoms with Crippen LogP contribution in [0.4, 0.5) is 8.78 Å². The maximum absolute atomic E-state index is 14.4. The molecular formula is C18H21BrF2. The molecule has 0 radical (unpaired) electrons. The summed E-state index contributed by atoms with van der Waals surface area (Å²) in [5.41, 5.74) is 1.07. The van der Waals surface area contributed by atoms with E-state index in [4.69, 9.17) is 0 Å². The Hall–Kier alpha value is -0.440. The van der Waals surface area contributed by atoms with E-state index in [0.29, 0.717) is 11.1 Å². The van der Waals surface area contributed by atoms with Crippen molar-refractivity contribution in [3.8, 4) is 0 Å². The summed E-state index contributed by atoms with van der Waals surface area (Å²) < 4.78 is 28.3. The van der Waals surface area contributed by atoms with Crippen molar-refractivity contribution >= 4 is 15.9 Å². The third-order valence-electron chi connectivity index (χ3n) is 6.17. The Labute approximate surface area is 133 Å². The van der Waals surface area contributed by atoms with E-state index in [2.05, 4.69) is 15.9 Å². The SMILES string of the molecule is Cc1cc(F)c(C(Br)C23CC4CC(CC(C4)C2)C3)cc1F. The van der Waals surface area contributed by atoms with Crippen LogP contribution in [0, 0.1) is 41.7 Å². The van der Waals surface area contributed by atoms with E-state index < -0.39 is 0 Å². The van der Waals surface area contributed by atoms with E-state index in [9.17, 15) is 8.78 Å². The molecule has 1 aromatic rings. The van der Waals surface area contributed by atoms with E-state index in [1.54, 1.807) is 6.92 Å². The molecule has 1 aromatic carbocycles. The van der Waals surface area contributed by atoms with E-state index >= 15 is 0 Å². The molecule has 0 spiro atoms. The molecule has 0 aliphatic heterocycles. The molecular weight excluding hydrogens is 334 g/mol. The predicted octanol–water partition coefficient (Wildman–Crippen LogP) is 5.93. The second-order valence-corrected chi connectivity index (χ2v) is 8.68. The van der Waals surface area contributed by atoms with Gasteiger partial charge < -0.3 is 0 Å². The minimum absolute atomic E-state index is 0.0477. The van der Waals surface area contributed by atoms with Gasteiger partial charge in [0.1, 0.15) is 11.6 Å². The number of hydrogen-bond donors (Lipinski definition) is 0. The fraction of sp³-hybridized carbons (Fsp3) is 0.667. The maximum Gasteiger partial charge on any atom is 0.128 e. The second-order valence-electron chi connectivity index (χ2n) is 7.77. The minimum Gasteiger partial charge on any atom is -0.207 e. The topological polar surface area (TPSA) is 0 Å². The Kier molecular flexibility index (Phi) is 3.22. The van der Waals surface area contributed by atoms with Crippen LogP contribution in [0.2, 0.25) is 0 Å². The minimum atomic E-state index is -0.291. The molecule has 4 fully saturated rings. The van der Waals surface area contributed by atoms with Gasteiger partial charge >= 0.3 is 0 Å². The summed E-state index contributed by atoms with van der Waals surface area (Å²) in [4.78, 5) is -0.0477. The van der Waals surface area contributed by atoms with Crippen LogP contribution in [0.5, 0.6) is 0 Å². The smallest absolute Gasteiger partial charge is 0.128 e. The van der Waals surface area contributed by atoms with Gasteiger partial charge in [-0.05, 0) is 86.3 Å². The van der Waals surface area contributed by atoms with Gasteiger partial charge in [0.05, 0.1) is 0 Å². The van der Waals surface area contributed by atoms with Gasteiger partial charge in [0.2, 0.25) is 0 Å². The highest BCUT2D eigenvalue weighted by Gasteiger charge is 2.54. The van der Waals surface area contributed by atoms with Crippen LogP contribution in [-0.2, 0) is 0 Å². The standard InChI is InChI=1S/C18H21BrF2/c1-10-2-16(21)14(6-15(10)20)17(19)18-7-11-3-12(8-18)5-13(4-11)9-18/h2,6,11-13,17H,3-5,7-9H2,1H3. The molecule has 4 bridgehead atoms. The van der Waals surface area contributed by atoms with Gasteiger partial charge in [0, 0.05) is 10.4 Å². The summed E-state index contributed by atoms with van der Waals surface area (Å²) in [5.74, 6) is 1.89. The molecule has 4 aliphatic rings. The van der Waals surface area contributed by atoms with Gasteiger partial charge in [-0.1, -0.05) is 15.9 Å². The molecule has 1 unspecified atom stereocenters. The van der Waals surface area contributed by atoms with Crippen LogP contribution in [0.15, 0.2) is 12.1 Å². The number of alkyl halides is 1. The van der Waals surface area contributed by atoms with Gasteiger partial charge in [-0.25, -0.2) is 8.78 Å². The lowest BCUT2D eigenvalue weighted by Gasteiger charge is -2.58. The third kappa shape index (κ3) is 2.18. The van der Waals surface area contributed by atoms with Crippen LogP contribution >= 0.6 is 15.9 Å². The lowest BCUT2D eigenvalue weighted by atomic mass is 9.48. The predicted molar refractivity (Wildman–Crippen MR) is 83.4 cm³/mol. The van der Waals surface area contributed by atoms with E-state index in [0.717, 1.165) is 17.8 Å². The summed E-state index contributed by atoms with van der Waals surface area (Å²) in [6.45, 7) is 1.62. The molecule has 0 aromatic heterocycles. The van der Waals surface area contributed by atoms with Crippen molar-refractivity contribution in [2.45, 2.75) is 50.3 Å². The molecule has 3 heteroatoms. The second kappa shape index (κ2) is 4.78. The Balaban J connectivity index is 1.71. The first-order valence-electron chi connectivity index (χ1n) is 8.06. The molecule has 1 atom stereocenters. The van der Waals surface area contributed by atoms with Crippen molar-refractivity contribution in [1.29, 1.82) is 0 Å². The zero-order valence-electron chi connectivity index (χ0n) is 12.3. The molecule has 4 aliphatic carbocycles. The molecule has 0 nitrogen and oxygen atoms in total. The number of aryl methyl sites for hydroxylation is 1. The summed E-state index contributed by atoms with van der Waals surface area (Å²) in [6, 6.07) is 2.77. The molecule has 21 heavy (non-hydrogen) atoms. The molecule has 5 rings (SSSR count). The highest BCUT2D eigenvalue weighted by Crippen LogP contribution is 2.66. The molecule has 0 heterocycles. The van der Waals surface area contributed by atoms with Crippen molar-refractivity contribution in [2.75, 3.05) is 0 Å². The number of rotatable bonds is 2. The highest BCUT2D eigenvalue weighted by molar-refractivity contribution is 9.09. The Morgan fingerprint density at radius 1 is 1.00 bits per heavy atom. The van der Waals surface area contributed by atoms with Crippen LogP contribution in [-0.4, -0.2) is 0 Å². The lowest BCUT2D eigenvalue weighted by molar-refractivity contribution is -0.0532. The average molecular weight is 355 g/mol. The summed E-state index contributed by atoms with van der Waals surface area (Å²) in [7, 11) is 0. The fourth-order valence-corrected chi connectivity index (χ4v) is 6.59. The van der Waals surface area contributed by atoms with Gasteiger partial charge in [0.25, 0.3) is 0 Å². The zero-order valence-corrected chi connectivity index (χ0v) is 13.9. The first-order valence-corrected chi connectivity index (χ1v) is 8.98. The molecule has 0 N–H and O–H groups in total. The van der Waals surface area contributed by atoms with E-state index in [1.807, 2.05) is 0 Å².